The van der Waals surface area contributed by atoms with Gasteiger partial charge in [-0.2, -0.15) is 0 Å². The molecule has 7 heteroatoms. The molecule has 0 aliphatic rings. The second kappa shape index (κ2) is 6.61. The zero-order chi connectivity index (χ0) is 18.1. The highest BCUT2D eigenvalue weighted by Crippen LogP contribution is 2.34. The number of benzene rings is 2. The van der Waals surface area contributed by atoms with Crippen molar-refractivity contribution in [3.63, 3.8) is 0 Å². The number of rotatable bonds is 5. The van der Waals surface area contributed by atoms with E-state index >= 15 is 0 Å². The first-order valence-corrected chi connectivity index (χ1v) is 8.66. The molecule has 0 fully saturated rings. The minimum Gasteiger partial charge on any atom is -0.488 e. The predicted octanol–water partition coefficient (Wildman–Crippen LogP) is 4.48. The van der Waals surface area contributed by atoms with Crippen molar-refractivity contribution in [2.75, 3.05) is 0 Å². The standard InChI is InChI=1S/C19H13FN2O3S/c20-13-6-7-17(25-10-12-4-2-1-3-5-12)14(8-13)16-11-26-19-21-15(18(23)24)9-22(16)19/h1-9,11H,10H2,(H,23,24). The fourth-order valence-electron chi connectivity index (χ4n) is 2.64. The highest BCUT2D eigenvalue weighted by atomic mass is 32.1. The summed E-state index contributed by atoms with van der Waals surface area (Å²) in [5, 5.41) is 10.9. The van der Waals surface area contributed by atoms with Crippen molar-refractivity contribution in [3.8, 4) is 17.0 Å². The quantitative estimate of drug-likeness (QED) is 0.564. The number of fused-ring (bicyclic) bond motifs is 1. The van der Waals surface area contributed by atoms with Crippen molar-refractivity contribution in [3.05, 3.63) is 77.2 Å². The van der Waals surface area contributed by atoms with Crippen LogP contribution in [0.2, 0.25) is 0 Å². The first kappa shape index (κ1) is 16.3. The summed E-state index contributed by atoms with van der Waals surface area (Å²) in [6, 6.07) is 13.9. The molecule has 130 valence electrons. The lowest BCUT2D eigenvalue weighted by Gasteiger charge is -2.11. The molecule has 0 radical (unpaired) electrons. The Morgan fingerprint density at radius 1 is 1.23 bits per heavy atom. The summed E-state index contributed by atoms with van der Waals surface area (Å²) in [4.78, 5) is 15.7. The normalized spacial score (nSPS) is 11.0. The third kappa shape index (κ3) is 3.04. The molecule has 1 N–H and O–H groups in total. The van der Waals surface area contributed by atoms with Gasteiger partial charge in [0.1, 0.15) is 18.2 Å². The van der Waals surface area contributed by atoms with Crippen molar-refractivity contribution < 1.29 is 19.0 Å². The Labute approximate surface area is 151 Å². The number of aromatic carboxylic acids is 1. The predicted molar refractivity (Wildman–Crippen MR) is 96.2 cm³/mol. The van der Waals surface area contributed by atoms with E-state index < -0.39 is 11.8 Å². The van der Waals surface area contributed by atoms with E-state index in [9.17, 15) is 9.18 Å². The van der Waals surface area contributed by atoms with Crippen LogP contribution in [0, 0.1) is 5.82 Å². The van der Waals surface area contributed by atoms with Crippen LogP contribution in [0.3, 0.4) is 0 Å². The van der Waals surface area contributed by atoms with E-state index in [0.717, 1.165) is 5.56 Å². The van der Waals surface area contributed by atoms with E-state index in [4.69, 9.17) is 9.84 Å². The number of thiazole rings is 1. The van der Waals surface area contributed by atoms with E-state index in [2.05, 4.69) is 4.98 Å². The van der Waals surface area contributed by atoms with E-state index in [1.807, 2.05) is 30.3 Å². The molecule has 2 heterocycles. The van der Waals surface area contributed by atoms with Crippen molar-refractivity contribution in [1.82, 2.24) is 9.38 Å². The molecule has 0 amide bonds. The first-order valence-electron chi connectivity index (χ1n) is 7.78. The van der Waals surface area contributed by atoms with E-state index in [-0.39, 0.29) is 5.69 Å². The second-order valence-corrected chi connectivity index (χ2v) is 6.46. The molecular formula is C19H13FN2O3S. The molecule has 0 saturated heterocycles. The highest BCUT2D eigenvalue weighted by Gasteiger charge is 2.17. The molecule has 0 spiro atoms. The number of imidazole rings is 1. The lowest BCUT2D eigenvalue weighted by atomic mass is 10.1. The van der Waals surface area contributed by atoms with Gasteiger partial charge >= 0.3 is 5.97 Å². The lowest BCUT2D eigenvalue weighted by molar-refractivity contribution is 0.0691. The third-order valence-corrected chi connectivity index (χ3v) is 4.72. The molecule has 0 aliphatic carbocycles. The fourth-order valence-corrected chi connectivity index (χ4v) is 3.52. The highest BCUT2D eigenvalue weighted by molar-refractivity contribution is 7.15. The number of carboxylic acids is 1. The van der Waals surface area contributed by atoms with E-state index in [1.165, 1.54) is 29.7 Å². The Bertz CT molecular complexity index is 1090. The Kier molecular flexibility index (Phi) is 4.14. The number of nitrogens with zero attached hydrogens (tertiary/aromatic N) is 2. The molecule has 0 bridgehead atoms. The molecule has 4 rings (SSSR count). The number of aromatic nitrogens is 2. The molecule has 4 aromatic rings. The van der Waals surface area contributed by atoms with Gasteiger partial charge in [0.2, 0.25) is 0 Å². The molecule has 2 aromatic heterocycles. The summed E-state index contributed by atoms with van der Waals surface area (Å²) in [6.45, 7) is 0.344. The number of carbonyl (C=O) groups is 1. The van der Waals surface area contributed by atoms with Crippen LogP contribution in [0.15, 0.2) is 60.1 Å². The van der Waals surface area contributed by atoms with Crippen LogP contribution in [-0.2, 0) is 6.61 Å². The van der Waals surface area contributed by atoms with Crippen LogP contribution in [0.25, 0.3) is 16.2 Å². The van der Waals surface area contributed by atoms with Gasteiger partial charge in [0, 0.05) is 17.1 Å². The van der Waals surface area contributed by atoms with Gasteiger partial charge in [-0.15, -0.1) is 11.3 Å². The molecule has 0 saturated carbocycles. The summed E-state index contributed by atoms with van der Waals surface area (Å²) < 4.78 is 21.4. The van der Waals surface area contributed by atoms with Crippen LogP contribution in [-0.4, -0.2) is 20.5 Å². The van der Waals surface area contributed by atoms with Crippen molar-refractivity contribution in [2.24, 2.45) is 0 Å². The van der Waals surface area contributed by atoms with Crippen LogP contribution < -0.4 is 4.74 Å². The Balaban J connectivity index is 1.74. The molecule has 5 nitrogen and oxygen atoms in total. The fraction of sp³-hybridized carbons (Fsp3) is 0.0526. The maximum atomic E-state index is 13.9. The molecule has 0 atom stereocenters. The summed E-state index contributed by atoms with van der Waals surface area (Å²) >= 11 is 1.29. The van der Waals surface area contributed by atoms with Gasteiger partial charge in [-0.25, -0.2) is 14.2 Å². The van der Waals surface area contributed by atoms with Crippen molar-refractivity contribution in [1.29, 1.82) is 0 Å². The zero-order valence-corrected chi connectivity index (χ0v) is 14.2. The number of halogens is 1. The van der Waals surface area contributed by atoms with Gasteiger partial charge in [-0.05, 0) is 23.8 Å². The molecular weight excluding hydrogens is 355 g/mol. The number of ether oxygens (including phenoxy) is 1. The van der Waals surface area contributed by atoms with Gasteiger partial charge in [0.15, 0.2) is 10.7 Å². The minimum absolute atomic E-state index is 0.0544. The zero-order valence-electron chi connectivity index (χ0n) is 13.4. The summed E-state index contributed by atoms with van der Waals surface area (Å²) in [5.41, 5.74) is 2.12. The summed E-state index contributed by atoms with van der Waals surface area (Å²) in [6.07, 6.45) is 1.43. The van der Waals surface area contributed by atoms with Gasteiger partial charge in [0.25, 0.3) is 0 Å². The maximum absolute atomic E-state index is 13.9. The van der Waals surface area contributed by atoms with Crippen LogP contribution in [0.5, 0.6) is 5.75 Å². The van der Waals surface area contributed by atoms with Crippen LogP contribution in [0.1, 0.15) is 16.1 Å². The SMILES string of the molecule is O=C(O)c1cn2c(-c3cc(F)ccc3OCc3ccccc3)csc2n1. The largest absolute Gasteiger partial charge is 0.488 e. The third-order valence-electron chi connectivity index (χ3n) is 3.88. The van der Waals surface area contributed by atoms with E-state index in [1.54, 1.807) is 15.8 Å². The summed E-state index contributed by atoms with van der Waals surface area (Å²) in [5.74, 6) is -0.989. The molecule has 26 heavy (non-hydrogen) atoms. The van der Waals surface area contributed by atoms with Crippen LogP contribution >= 0.6 is 11.3 Å². The number of hydrogen-bond donors (Lipinski definition) is 1. The monoisotopic (exact) mass is 368 g/mol. The maximum Gasteiger partial charge on any atom is 0.356 e. The Hall–Kier alpha value is -3.19. The average molecular weight is 368 g/mol. The van der Waals surface area contributed by atoms with Gasteiger partial charge in [-0.1, -0.05) is 30.3 Å². The van der Waals surface area contributed by atoms with Crippen molar-refractivity contribution >= 4 is 22.3 Å². The number of carboxylic acid groups (broad SMARTS) is 1. The molecule has 2 aromatic carbocycles. The number of hydrogen-bond acceptors (Lipinski definition) is 4. The lowest BCUT2D eigenvalue weighted by Crippen LogP contribution is -1.98. The van der Waals surface area contributed by atoms with E-state index in [0.29, 0.717) is 28.6 Å². The smallest absolute Gasteiger partial charge is 0.356 e. The molecule has 0 aliphatic heterocycles. The van der Waals surface area contributed by atoms with Gasteiger partial charge in [-0.3, -0.25) is 4.40 Å². The summed E-state index contributed by atoms with van der Waals surface area (Å²) in [7, 11) is 0. The topological polar surface area (TPSA) is 63.8 Å². The second-order valence-electron chi connectivity index (χ2n) is 5.62. The van der Waals surface area contributed by atoms with Crippen LogP contribution in [0.4, 0.5) is 4.39 Å². The van der Waals surface area contributed by atoms with Crippen molar-refractivity contribution in [2.45, 2.75) is 6.61 Å². The first-order chi connectivity index (χ1) is 12.6. The van der Waals surface area contributed by atoms with Gasteiger partial charge in [0.05, 0.1) is 5.69 Å². The van der Waals surface area contributed by atoms with Gasteiger partial charge < -0.3 is 9.84 Å². The Morgan fingerprint density at radius 3 is 2.81 bits per heavy atom. The minimum atomic E-state index is -1.10. The average Bonchev–Trinajstić information content (AvgIpc) is 3.22. The molecule has 0 unspecified atom stereocenters. The Morgan fingerprint density at radius 2 is 2.04 bits per heavy atom.